The second-order valence-electron chi connectivity index (χ2n) is 3.40. The molecule has 0 spiro atoms. The molecule has 88 valence electrons. The van der Waals surface area contributed by atoms with Crippen molar-refractivity contribution in [2.75, 3.05) is 13.1 Å². The summed E-state index contributed by atoms with van der Waals surface area (Å²) in [6.07, 6.45) is 0. The number of phenols is 1. The first kappa shape index (κ1) is 12.8. The van der Waals surface area contributed by atoms with Gasteiger partial charge in [-0.25, -0.2) is 0 Å². The zero-order valence-corrected chi connectivity index (χ0v) is 9.84. The van der Waals surface area contributed by atoms with Crippen molar-refractivity contribution >= 4 is 17.5 Å². The Morgan fingerprint density at radius 2 is 2.19 bits per heavy atom. The Morgan fingerprint density at radius 1 is 1.44 bits per heavy atom. The number of hydrogen-bond donors (Lipinski definition) is 3. The van der Waals surface area contributed by atoms with Gasteiger partial charge in [0.25, 0.3) is 0 Å². The van der Waals surface area contributed by atoms with E-state index in [4.69, 9.17) is 11.6 Å². The number of amides is 1. The number of benzene rings is 1. The van der Waals surface area contributed by atoms with Crippen LogP contribution in [0.25, 0.3) is 0 Å². The Labute approximate surface area is 99.6 Å². The van der Waals surface area contributed by atoms with Crippen molar-refractivity contribution in [2.24, 2.45) is 0 Å². The minimum absolute atomic E-state index is 0.0533. The molecule has 1 amide bonds. The predicted octanol–water partition coefficient (Wildman–Crippen LogP) is 1.27. The second kappa shape index (κ2) is 6.35. The average molecular weight is 243 g/mol. The highest BCUT2D eigenvalue weighted by molar-refractivity contribution is 6.31. The van der Waals surface area contributed by atoms with Gasteiger partial charge in [-0.15, -0.1) is 0 Å². The molecule has 0 aromatic heterocycles. The molecular weight excluding hydrogens is 228 g/mol. The lowest BCUT2D eigenvalue weighted by Gasteiger charge is -2.08. The van der Waals surface area contributed by atoms with Crippen LogP contribution in [0.1, 0.15) is 12.5 Å². The number of aromatic hydroxyl groups is 1. The second-order valence-corrected chi connectivity index (χ2v) is 3.80. The maximum Gasteiger partial charge on any atom is 0.216 e. The summed E-state index contributed by atoms with van der Waals surface area (Å²) in [6.45, 7) is 3.13. The Balaban J connectivity index is 2.34. The van der Waals surface area contributed by atoms with Gasteiger partial charge in [0.2, 0.25) is 5.91 Å². The molecule has 0 fully saturated rings. The zero-order valence-electron chi connectivity index (χ0n) is 9.09. The summed E-state index contributed by atoms with van der Waals surface area (Å²) >= 11 is 5.92. The van der Waals surface area contributed by atoms with E-state index in [1.807, 2.05) is 0 Å². The highest BCUT2D eigenvalue weighted by Gasteiger charge is 2.04. The van der Waals surface area contributed by atoms with E-state index in [2.05, 4.69) is 10.6 Å². The lowest BCUT2D eigenvalue weighted by atomic mass is 10.2. The normalized spacial score (nSPS) is 10.1. The lowest BCUT2D eigenvalue weighted by Crippen LogP contribution is -2.29. The number of carbonyl (C=O) groups is 1. The van der Waals surface area contributed by atoms with Crippen molar-refractivity contribution in [3.8, 4) is 5.75 Å². The van der Waals surface area contributed by atoms with Crippen molar-refractivity contribution in [3.63, 3.8) is 0 Å². The van der Waals surface area contributed by atoms with E-state index >= 15 is 0 Å². The van der Waals surface area contributed by atoms with Crippen LogP contribution >= 0.6 is 11.6 Å². The van der Waals surface area contributed by atoms with Crippen LogP contribution in [0.15, 0.2) is 18.2 Å². The molecule has 0 aliphatic rings. The van der Waals surface area contributed by atoms with Gasteiger partial charge in [0, 0.05) is 37.1 Å². The summed E-state index contributed by atoms with van der Waals surface area (Å²) in [7, 11) is 0. The first-order valence-electron chi connectivity index (χ1n) is 5.02. The van der Waals surface area contributed by atoms with E-state index in [0.29, 0.717) is 30.2 Å². The van der Waals surface area contributed by atoms with Crippen LogP contribution in [0.3, 0.4) is 0 Å². The smallest absolute Gasteiger partial charge is 0.216 e. The minimum atomic E-state index is -0.0533. The average Bonchev–Trinajstić information content (AvgIpc) is 2.21. The summed E-state index contributed by atoms with van der Waals surface area (Å²) in [5, 5.41) is 15.8. The van der Waals surface area contributed by atoms with E-state index in [1.54, 1.807) is 18.2 Å². The first-order chi connectivity index (χ1) is 7.61. The van der Waals surface area contributed by atoms with Gasteiger partial charge >= 0.3 is 0 Å². The highest BCUT2D eigenvalue weighted by Crippen LogP contribution is 2.24. The molecule has 5 heteroatoms. The maximum atomic E-state index is 10.6. The third kappa shape index (κ3) is 4.08. The van der Waals surface area contributed by atoms with Crippen LogP contribution < -0.4 is 10.6 Å². The van der Waals surface area contributed by atoms with Crippen LogP contribution in [-0.2, 0) is 11.3 Å². The van der Waals surface area contributed by atoms with Crippen LogP contribution in [0.4, 0.5) is 0 Å². The molecule has 0 unspecified atom stereocenters. The molecule has 1 aromatic carbocycles. The molecule has 0 saturated heterocycles. The molecule has 4 nitrogen and oxygen atoms in total. The van der Waals surface area contributed by atoms with Crippen LogP contribution in [-0.4, -0.2) is 24.1 Å². The maximum absolute atomic E-state index is 10.6. The molecule has 0 aliphatic carbocycles. The molecule has 0 saturated carbocycles. The molecular formula is C11H15ClN2O2. The van der Waals surface area contributed by atoms with E-state index < -0.39 is 0 Å². The van der Waals surface area contributed by atoms with Gasteiger partial charge < -0.3 is 15.7 Å². The van der Waals surface area contributed by atoms with Crippen molar-refractivity contribution in [2.45, 2.75) is 13.5 Å². The third-order valence-corrected chi connectivity index (χ3v) is 2.43. The molecule has 3 N–H and O–H groups in total. The number of rotatable bonds is 5. The van der Waals surface area contributed by atoms with E-state index in [9.17, 15) is 9.90 Å². The Morgan fingerprint density at radius 3 is 2.81 bits per heavy atom. The summed E-state index contributed by atoms with van der Waals surface area (Å²) in [6, 6.07) is 5.02. The van der Waals surface area contributed by atoms with Crippen molar-refractivity contribution in [1.29, 1.82) is 0 Å². The molecule has 1 rings (SSSR count). The lowest BCUT2D eigenvalue weighted by molar-refractivity contribution is -0.118. The van der Waals surface area contributed by atoms with Gasteiger partial charge in [-0.2, -0.15) is 0 Å². The number of nitrogens with one attached hydrogen (secondary N) is 2. The van der Waals surface area contributed by atoms with Crippen LogP contribution in [0.2, 0.25) is 5.02 Å². The first-order valence-corrected chi connectivity index (χ1v) is 5.40. The summed E-state index contributed by atoms with van der Waals surface area (Å²) in [5.41, 5.74) is 0.673. The molecule has 16 heavy (non-hydrogen) atoms. The number of hydrogen-bond acceptors (Lipinski definition) is 3. The van der Waals surface area contributed by atoms with Gasteiger partial charge in [0.15, 0.2) is 0 Å². The summed E-state index contributed by atoms with van der Waals surface area (Å²) in [5.74, 6) is 0.127. The molecule has 0 aliphatic heterocycles. The van der Waals surface area contributed by atoms with E-state index in [-0.39, 0.29) is 11.7 Å². The van der Waals surface area contributed by atoms with E-state index in [0.717, 1.165) is 0 Å². The monoisotopic (exact) mass is 242 g/mol. The standard InChI is InChI=1S/C11H15ClN2O2/c1-8(15)14-6-5-13-7-9-10(12)3-2-4-11(9)16/h2-4,13,16H,5-7H2,1H3,(H,14,15). The fourth-order valence-corrected chi connectivity index (χ4v) is 1.50. The van der Waals surface area contributed by atoms with Gasteiger partial charge in [0.05, 0.1) is 0 Å². The van der Waals surface area contributed by atoms with Crippen molar-refractivity contribution in [1.82, 2.24) is 10.6 Å². The van der Waals surface area contributed by atoms with Gasteiger partial charge in [-0.1, -0.05) is 17.7 Å². The summed E-state index contributed by atoms with van der Waals surface area (Å²) in [4.78, 5) is 10.6. The predicted molar refractivity (Wildman–Crippen MR) is 63.5 cm³/mol. The molecule has 0 bridgehead atoms. The van der Waals surface area contributed by atoms with Crippen molar-refractivity contribution in [3.05, 3.63) is 28.8 Å². The third-order valence-electron chi connectivity index (χ3n) is 2.07. The largest absolute Gasteiger partial charge is 0.508 e. The Bertz CT molecular complexity index is 349. The number of carbonyl (C=O) groups excluding carboxylic acids is 1. The molecule has 0 radical (unpaired) electrons. The fourth-order valence-electron chi connectivity index (χ4n) is 1.26. The topological polar surface area (TPSA) is 61.4 Å². The molecule has 1 aromatic rings. The Hall–Kier alpha value is -1.26. The van der Waals surface area contributed by atoms with Crippen LogP contribution in [0, 0.1) is 0 Å². The van der Waals surface area contributed by atoms with Gasteiger partial charge in [-0.3, -0.25) is 4.79 Å². The van der Waals surface area contributed by atoms with Crippen molar-refractivity contribution < 1.29 is 9.90 Å². The van der Waals surface area contributed by atoms with Gasteiger partial charge in [0.1, 0.15) is 5.75 Å². The van der Waals surface area contributed by atoms with Gasteiger partial charge in [-0.05, 0) is 12.1 Å². The zero-order chi connectivity index (χ0) is 12.0. The fraction of sp³-hybridized carbons (Fsp3) is 0.364. The SMILES string of the molecule is CC(=O)NCCNCc1c(O)cccc1Cl. The molecule has 0 atom stereocenters. The summed E-state index contributed by atoms with van der Waals surface area (Å²) < 4.78 is 0. The number of phenolic OH excluding ortho intramolecular Hbond substituents is 1. The van der Waals surface area contributed by atoms with Crippen LogP contribution in [0.5, 0.6) is 5.75 Å². The minimum Gasteiger partial charge on any atom is -0.508 e. The highest BCUT2D eigenvalue weighted by atomic mass is 35.5. The Kier molecular flexibility index (Phi) is 5.08. The number of halogens is 1. The molecule has 0 heterocycles. The van der Waals surface area contributed by atoms with E-state index in [1.165, 1.54) is 6.92 Å². The quantitative estimate of drug-likeness (QED) is 0.682.